The summed E-state index contributed by atoms with van der Waals surface area (Å²) in [5, 5.41) is 9.09. The summed E-state index contributed by atoms with van der Waals surface area (Å²) in [6.45, 7) is 8.22. The topological polar surface area (TPSA) is 33.0 Å². The fraction of sp³-hybridized carbons (Fsp3) is 0.278. The lowest BCUT2D eigenvalue weighted by Crippen LogP contribution is -2.12. The minimum atomic E-state index is -0.569. The van der Waals surface area contributed by atoms with Crippen LogP contribution in [0.2, 0.25) is 0 Å². The summed E-state index contributed by atoms with van der Waals surface area (Å²) >= 11 is 0. The molecule has 0 aromatic heterocycles. The fourth-order valence-electron chi connectivity index (χ4n) is 2.15. The van der Waals surface area contributed by atoms with Crippen molar-refractivity contribution >= 4 is 0 Å². The van der Waals surface area contributed by atoms with E-state index in [1.165, 1.54) is 12.1 Å². The first-order chi connectivity index (χ1) is 9.82. The zero-order valence-electron chi connectivity index (χ0n) is 12.7. The molecule has 3 heteroatoms. The molecule has 2 rings (SSSR count). The Morgan fingerprint density at radius 3 is 2.43 bits per heavy atom. The van der Waals surface area contributed by atoms with Crippen LogP contribution in [0.5, 0.6) is 11.5 Å². The Hall–Kier alpha value is -2.34. The lowest BCUT2D eigenvalue weighted by Gasteiger charge is -2.23. The van der Waals surface area contributed by atoms with Crippen LogP contribution in [0.15, 0.2) is 36.4 Å². The number of aryl methyl sites for hydroxylation is 1. The third-order valence-corrected chi connectivity index (χ3v) is 3.25. The van der Waals surface area contributed by atoms with E-state index in [2.05, 4.69) is 20.8 Å². The number of nitriles is 1. The van der Waals surface area contributed by atoms with Crippen molar-refractivity contribution in [2.75, 3.05) is 0 Å². The molecule has 2 aromatic rings. The predicted molar refractivity (Wildman–Crippen MR) is 81.1 cm³/mol. The van der Waals surface area contributed by atoms with E-state index in [9.17, 15) is 4.39 Å². The van der Waals surface area contributed by atoms with E-state index in [1.807, 2.05) is 31.2 Å². The molecule has 0 amide bonds. The molecular weight excluding hydrogens is 265 g/mol. The molecule has 108 valence electrons. The van der Waals surface area contributed by atoms with Gasteiger partial charge in [-0.1, -0.05) is 39.0 Å². The first-order valence-corrected chi connectivity index (χ1v) is 6.80. The summed E-state index contributed by atoms with van der Waals surface area (Å²) in [5.41, 5.74) is 1.89. The predicted octanol–water partition coefficient (Wildman–Crippen LogP) is 5.10. The van der Waals surface area contributed by atoms with Crippen LogP contribution >= 0.6 is 0 Å². The molecule has 0 bridgehead atoms. The van der Waals surface area contributed by atoms with Crippen LogP contribution < -0.4 is 4.74 Å². The largest absolute Gasteiger partial charge is 0.456 e. The summed E-state index contributed by atoms with van der Waals surface area (Å²) in [5.74, 6) is 0.332. The minimum absolute atomic E-state index is 0.0705. The minimum Gasteiger partial charge on any atom is -0.456 e. The molecule has 0 aliphatic rings. The van der Waals surface area contributed by atoms with Crippen molar-refractivity contribution in [2.45, 2.75) is 33.1 Å². The van der Waals surface area contributed by atoms with Crippen molar-refractivity contribution < 1.29 is 9.13 Å². The first-order valence-electron chi connectivity index (χ1n) is 6.80. The molecule has 0 saturated carbocycles. The quantitative estimate of drug-likeness (QED) is 0.768. The van der Waals surface area contributed by atoms with Crippen molar-refractivity contribution in [1.29, 1.82) is 5.26 Å². The molecule has 0 radical (unpaired) electrons. The van der Waals surface area contributed by atoms with Crippen molar-refractivity contribution in [1.82, 2.24) is 0 Å². The van der Waals surface area contributed by atoms with Gasteiger partial charge >= 0.3 is 0 Å². The lowest BCUT2D eigenvalue weighted by molar-refractivity contribution is 0.449. The molecule has 2 aromatic carbocycles. The molecule has 0 unspecified atom stereocenters. The molecule has 0 spiro atoms. The summed E-state index contributed by atoms with van der Waals surface area (Å²) in [4.78, 5) is 0. The van der Waals surface area contributed by atoms with E-state index in [0.717, 1.165) is 11.1 Å². The van der Waals surface area contributed by atoms with Gasteiger partial charge in [-0.2, -0.15) is 5.26 Å². The molecule has 0 atom stereocenters. The zero-order chi connectivity index (χ0) is 15.6. The van der Waals surface area contributed by atoms with Gasteiger partial charge in [0.1, 0.15) is 28.9 Å². The second-order valence-corrected chi connectivity index (χ2v) is 6.08. The maximum absolute atomic E-state index is 13.7. The highest BCUT2D eigenvalue weighted by atomic mass is 19.1. The van der Waals surface area contributed by atoms with E-state index >= 15 is 0 Å². The zero-order valence-corrected chi connectivity index (χ0v) is 12.7. The molecular formula is C18H18FNO. The Balaban J connectivity index is 2.53. The van der Waals surface area contributed by atoms with Gasteiger partial charge in [-0.3, -0.25) is 0 Å². The maximum Gasteiger partial charge on any atom is 0.148 e. The summed E-state index contributed by atoms with van der Waals surface area (Å²) in [6.07, 6.45) is 0. The normalized spacial score (nSPS) is 11.0. The summed E-state index contributed by atoms with van der Waals surface area (Å²) in [6, 6.07) is 12.2. The number of ether oxygens (including phenoxy) is 1. The number of hydrogen-bond acceptors (Lipinski definition) is 2. The van der Waals surface area contributed by atoms with Crippen molar-refractivity contribution in [3.05, 3.63) is 58.9 Å². The number of rotatable bonds is 2. The monoisotopic (exact) mass is 283 g/mol. The smallest absolute Gasteiger partial charge is 0.148 e. The standard InChI is InChI=1S/C18H18FNO/c1-12-8-9-14(18(2,3)4)17(10-12)21-16-7-5-6-15(19)13(16)11-20/h5-10H,1-4H3. The number of halogens is 1. The molecule has 0 fully saturated rings. The first kappa shape index (κ1) is 15.1. The Morgan fingerprint density at radius 1 is 1.10 bits per heavy atom. The Labute approximate surface area is 124 Å². The van der Waals surface area contributed by atoms with Gasteiger partial charge in [0.25, 0.3) is 0 Å². The second-order valence-electron chi connectivity index (χ2n) is 6.08. The molecule has 2 nitrogen and oxygen atoms in total. The van der Waals surface area contributed by atoms with Crippen LogP contribution in [-0.4, -0.2) is 0 Å². The lowest BCUT2D eigenvalue weighted by atomic mass is 9.86. The van der Waals surface area contributed by atoms with Crippen molar-refractivity contribution in [3.63, 3.8) is 0 Å². The molecule has 0 aliphatic carbocycles. The van der Waals surface area contributed by atoms with Crippen molar-refractivity contribution in [2.24, 2.45) is 0 Å². The Bertz CT molecular complexity index is 708. The highest BCUT2D eigenvalue weighted by Crippen LogP contribution is 2.36. The van der Waals surface area contributed by atoms with Crippen LogP contribution in [0.3, 0.4) is 0 Å². The highest BCUT2D eigenvalue weighted by Gasteiger charge is 2.20. The van der Waals surface area contributed by atoms with Gasteiger partial charge < -0.3 is 4.74 Å². The Morgan fingerprint density at radius 2 is 1.81 bits per heavy atom. The third-order valence-electron chi connectivity index (χ3n) is 3.25. The summed E-state index contributed by atoms with van der Waals surface area (Å²) in [7, 11) is 0. The SMILES string of the molecule is Cc1ccc(C(C)(C)C)c(Oc2cccc(F)c2C#N)c1. The third kappa shape index (κ3) is 3.22. The van der Waals surface area contributed by atoms with E-state index in [0.29, 0.717) is 5.75 Å². The average molecular weight is 283 g/mol. The highest BCUT2D eigenvalue weighted by molar-refractivity contribution is 5.49. The molecule has 21 heavy (non-hydrogen) atoms. The molecule has 0 saturated heterocycles. The van der Waals surface area contributed by atoms with Gasteiger partial charge in [-0.15, -0.1) is 0 Å². The van der Waals surface area contributed by atoms with Crippen LogP contribution in [0.25, 0.3) is 0 Å². The fourth-order valence-corrected chi connectivity index (χ4v) is 2.15. The van der Waals surface area contributed by atoms with E-state index in [4.69, 9.17) is 10.00 Å². The molecule has 0 aliphatic heterocycles. The number of benzene rings is 2. The van der Waals surface area contributed by atoms with Crippen LogP contribution in [0, 0.1) is 24.1 Å². The van der Waals surface area contributed by atoms with Gasteiger partial charge in [0.15, 0.2) is 0 Å². The van der Waals surface area contributed by atoms with Crippen molar-refractivity contribution in [3.8, 4) is 17.6 Å². The van der Waals surface area contributed by atoms with Gasteiger partial charge in [-0.05, 0) is 36.1 Å². The molecule has 0 heterocycles. The van der Waals surface area contributed by atoms with Gasteiger partial charge in [0.05, 0.1) is 0 Å². The number of nitrogens with zero attached hydrogens (tertiary/aromatic N) is 1. The number of hydrogen-bond donors (Lipinski definition) is 0. The van der Waals surface area contributed by atoms with Crippen LogP contribution in [-0.2, 0) is 5.41 Å². The van der Waals surface area contributed by atoms with E-state index < -0.39 is 5.82 Å². The Kier molecular flexibility index (Phi) is 3.99. The van der Waals surface area contributed by atoms with Crippen LogP contribution in [0.1, 0.15) is 37.5 Å². The average Bonchev–Trinajstić information content (AvgIpc) is 2.37. The van der Waals surface area contributed by atoms with E-state index in [-0.39, 0.29) is 16.7 Å². The molecule has 0 N–H and O–H groups in total. The van der Waals surface area contributed by atoms with Gasteiger partial charge in [0.2, 0.25) is 0 Å². The van der Waals surface area contributed by atoms with Crippen LogP contribution in [0.4, 0.5) is 4.39 Å². The second kappa shape index (κ2) is 5.57. The maximum atomic E-state index is 13.7. The van der Waals surface area contributed by atoms with E-state index in [1.54, 1.807) is 6.07 Å². The van der Waals surface area contributed by atoms with Gasteiger partial charge in [-0.25, -0.2) is 4.39 Å². The van der Waals surface area contributed by atoms with Gasteiger partial charge in [0, 0.05) is 5.56 Å². The summed E-state index contributed by atoms with van der Waals surface area (Å²) < 4.78 is 19.5.